The Bertz CT molecular complexity index is 1030. The first kappa shape index (κ1) is 24.5. The zero-order valence-corrected chi connectivity index (χ0v) is 21.5. The van der Waals surface area contributed by atoms with Gasteiger partial charge in [-0.2, -0.15) is 0 Å². The van der Waals surface area contributed by atoms with Crippen molar-refractivity contribution in [1.29, 1.82) is 0 Å². The molecule has 1 aromatic rings. The second kappa shape index (κ2) is 9.06. The highest BCUT2D eigenvalue weighted by atomic mass is 35.5. The molecule has 8 heteroatoms. The predicted octanol–water partition coefficient (Wildman–Crippen LogP) is 6.52. The van der Waals surface area contributed by atoms with Crippen molar-refractivity contribution < 1.29 is 19.3 Å². The number of carbonyl (C=O) groups is 1. The van der Waals surface area contributed by atoms with Crippen LogP contribution in [0.5, 0.6) is 5.75 Å². The first-order valence-electron chi connectivity index (χ1n) is 12.9. The molecule has 0 bridgehead atoms. The lowest BCUT2D eigenvalue weighted by molar-refractivity contribution is -0.384. The Morgan fingerprint density at radius 2 is 1.80 bits per heavy atom. The van der Waals surface area contributed by atoms with Crippen LogP contribution in [0.2, 0.25) is 0 Å². The van der Waals surface area contributed by atoms with Crippen LogP contribution in [0.15, 0.2) is 29.4 Å². The minimum Gasteiger partial charge on any atom is -0.462 e. The number of hydrogen-bond acceptors (Lipinski definition) is 6. The largest absolute Gasteiger partial charge is 0.462 e. The van der Waals surface area contributed by atoms with Gasteiger partial charge in [0.15, 0.2) is 5.75 Å². The lowest BCUT2D eigenvalue weighted by Gasteiger charge is -2.60. The summed E-state index contributed by atoms with van der Waals surface area (Å²) in [5, 5.41) is 15.1. The van der Waals surface area contributed by atoms with E-state index in [2.05, 4.69) is 19.0 Å². The van der Waals surface area contributed by atoms with Crippen molar-refractivity contribution in [3.63, 3.8) is 0 Å². The highest BCUT2D eigenvalue weighted by Gasteiger charge is 2.61. The summed E-state index contributed by atoms with van der Waals surface area (Å²) >= 11 is 6.92. The fraction of sp³-hybridized carbons (Fsp3) is 0.704. The Labute approximate surface area is 211 Å². The van der Waals surface area contributed by atoms with Gasteiger partial charge < -0.3 is 9.57 Å². The number of nitrogens with zero attached hydrogens (tertiary/aromatic N) is 2. The maximum atomic E-state index is 11.7. The lowest BCUT2D eigenvalue weighted by Crippen LogP contribution is -2.56. The third kappa shape index (κ3) is 4.24. The topological polar surface area (TPSA) is 91.0 Å². The number of hydrogen-bond donors (Lipinski definition) is 0. The van der Waals surface area contributed by atoms with Gasteiger partial charge in [0.25, 0.3) is 5.69 Å². The van der Waals surface area contributed by atoms with Gasteiger partial charge >= 0.3 is 5.97 Å². The fourth-order valence-electron chi connectivity index (χ4n) is 8.25. The van der Waals surface area contributed by atoms with Crippen LogP contribution in [0.3, 0.4) is 0 Å². The Kier molecular flexibility index (Phi) is 6.35. The summed E-state index contributed by atoms with van der Waals surface area (Å²) in [5.41, 5.74) is 1.16. The number of benzene rings is 1. The number of halogens is 1. The average molecular weight is 503 g/mol. The molecule has 0 N–H and O–H groups in total. The molecule has 0 radical (unpaired) electrons. The van der Waals surface area contributed by atoms with Crippen LogP contribution in [0.4, 0.5) is 5.69 Å². The first-order valence-corrected chi connectivity index (χ1v) is 13.3. The minimum absolute atomic E-state index is 0.0236. The molecule has 4 fully saturated rings. The monoisotopic (exact) mass is 502 g/mol. The van der Waals surface area contributed by atoms with E-state index in [1.165, 1.54) is 25.5 Å². The quantitative estimate of drug-likeness (QED) is 0.202. The standard InChI is InChI=1S/C27H35ClN2O5/c1-16(31)34-25-11-10-21-20-9-4-17-14-24(29-35-19-7-5-18(6-8-19)30(32)33)23(28)15-27(17,3)22(20)12-13-26(21,25)2/h5-8,17,20-23,25H,4,9-15H2,1-3H3/b29-24+/t17-,20-,21-,22-,23+,25-,26-,27-/m0/s1. The van der Waals surface area contributed by atoms with Crippen LogP contribution in [0.25, 0.3) is 0 Å². The molecule has 0 aromatic heterocycles. The number of alkyl halides is 1. The highest BCUT2D eigenvalue weighted by molar-refractivity contribution is 6.32. The van der Waals surface area contributed by atoms with Crippen LogP contribution in [0.1, 0.15) is 72.1 Å². The molecule has 4 aliphatic carbocycles. The molecule has 0 heterocycles. The predicted molar refractivity (Wildman–Crippen MR) is 133 cm³/mol. The van der Waals surface area contributed by atoms with Gasteiger partial charge in [-0.05, 0) is 92.6 Å². The van der Waals surface area contributed by atoms with Crippen LogP contribution >= 0.6 is 11.6 Å². The van der Waals surface area contributed by atoms with E-state index < -0.39 is 4.92 Å². The van der Waals surface area contributed by atoms with Gasteiger partial charge in [-0.25, -0.2) is 0 Å². The average Bonchev–Trinajstić information content (AvgIpc) is 3.13. The number of non-ortho nitro benzene ring substituents is 1. The number of esters is 1. The van der Waals surface area contributed by atoms with Gasteiger partial charge in [-0.3, -0.25) is 14.9 Å². The number of oxime groups is 1. The zero-order valence-electron chi connectivity index (χ0n) is 20.7. The molecule has 4 aliphatic rings. The maximum Gasteiger partial charge on any atom is 0.302 e. The Balaban J connectivity index is 1.29. The van der Waals surface area contributed by atoms with E-state index in [0.29, 0.717) is 29.4 Å². The van der Waals surface area contributed by atoms with Crippen molar-refractivity contribution in [2.75, 3.05) is 0 Å². The first-order chi connectivity index (χ1) is 16.6. The second-order valence-corrected chi connectivity index (χ2v) is 12.2. The number of carbonyl (C=O) groups excluding carboxylic acids is 1. The molecule has 0 aliphatic heterocycles. The van der Waals surface area contributed by atoms with Crippen molar-refractivity contribution in [3.8, 4) is 5.75 Å². The van der Waals surface area contributed by atoms with Crippen molar-refractivity contribution >= 4 is 29.0 Å². The minimum atomic E-state index is -0.432. The summed E-state index contributed by atoms with van der Waals surface area (Å²) in [6.45, 7) is 6.33. The summed E-state index contributed by atoms with van der Waals surface area (Å²) in [6.07, 6.45) is 8.55. The van der Waals surface area contributed by atoms with Gasteiger partial charge in [-0.15, -0.1) is 11.6 Å². The molecular formula is C27H35ClN2O5. The van der Waals surface area contributed by atoms with Gasteiger partial charge in [0.05, 0.1) is 16.0 Å². The van der Waals surface area contributed by atoms with E-state index in [9.17, 15) is 14.9 Å². The Hall–Kier alpha value is -2.15. The summed E-state index contributed by atoms with van der Waals surface area (Å²) in [7, 11) is 0. The van der Waals surface area contributed by atoms with Crippen molar-refractivity contribution in [2.24, 2.45) is 39.7 Å². The number of nitro benzene ring substituents is 1. The third-order valence-corrected chi connectivity index (χ3v) is 10.4. The van der Waals surface area contributed by atoms with Crippen molar-refractivity contribution in [2.45, 2.75) is 83.6 Å². The second-order valence-electron chi connectivity index (χ2n) is 11.7. The fourth-order valence-corrected chi connectivity index (χ4v) is 8.71. The van der Waals surface area contributed by atoms with E-state index in [1.807, 2.05) is 0 Å². The summed E-state index contributed by atoms with van der Waals surface area (Å²) < 4.78 is 5.78. The lowest BCUT2D eigenvalue weighted by atomic mass is 9.45. The summed E-state index contributed by atoms with van der Waals surface area (Å²) in [5.74, 6) is 2.74. The number of fused-ring (bicyclic) bond motifs is 5. The van der Waals surface area contributed by atoms with Gasteiger partial charge in [0, 0.05) is 24.5 Å². The van der Waals surface area contributed by atoms with E-state index in [4.69, 9.17) is 21.2 Å². The SMILES string of the molecule is CC(=O)O[C@H]1CC[C@H]2[C@@H]3CC[C@H]4C/C(=N\Oc5ccc([N+](=O)[O-])cc5)[C@H](Cl)C[C@]4(C)[C@H]3CC[C@]12C. The number of ether oxygens (including phenoxy) is 1. The van der Waals surface area contributed by atoms with Gasteiger partial charge in [-0.1, -0.05) is 19.0 Å². The van der Waals surface area contributed by atoms with Crippen LogP contribution in [0, 0.1) is 44.6 Å². The molecule has 5 rings (SSSR count). The summed E-state index contributed by atoms with van der Waals surface area (Å²) in [4.78, 5) is 27.8. The molecule has 190 valence electrons. The molecule has 1 aromatic carbocycles. The third-order valence-electron chi connectivity index (χ3n) is 10.0. The summed E-state index contributed by atoms with van der Waals surface area (Å²) in [6, 6.07) is 5.96. The van der Waals surface area contributed by atoms with Crippen molar-refractivity contribution in [1.82, 2.24) is 0 Å². The molecule has 35 heavy (non-hydrogen) atoms. The molecular weight excluding hydrogens is 468 g/mol. The molecule has 0 unspecified atom stereocenters. The number of rotatable bonds is 4. The van der Waals surface area contributed by atoms with E-state index in [1.54, 1.807) is 12.1 Å². The van der Waals surface area contributed by atoms with Crippen LogP contribution < -0.4 is 4.84 Å². The molecule has 8 atom stereocenters. The molecule has 7 nitrogen and oxygen atoms in total. The Morgan fingerprint density at radius 1 is 1.09 bits per heavy atom. The smallest absolute Gasteiger partial charge is 0.302 e. The molecule has 4 saturated carbocycles. The molecule has 0 spiro atoms. The number of nitro groups is 1. The maximum absolute atomic E-state index is 11.7. The zero-order chi connectivity index (χ0) is 25.0. The van der Waals surface area contributed by atoms with Crippen molar-refractivity contribution in [3.05, 3.63) is 34.4 Å². The van der Waals surface area contributed by atoms with E-state index >= 15 is 0 Å². The van der Waals surface area contributed by atoms with Gasteiger partial charge in [0.1, 0.15) is 6.10 Å². The Morgan fingerprint density at radius 3 is 2.49 bits per heavy atom. The van der Waals surface area contributed by atoms with Gasteiger partial charge in [0.2, 0.25) is 0 Å². The molecule has 0 amide bonds. The molecule has 0 saturated heterocycles. The van der Waals surface area contributed by atoms with E-state index in [0.717, 1.165) is 50.7 Å². The normalized spacial score (nSPS) is 41.4. The highest BCUT2D eigenvalue weighted by Crippen LogP contribution is 2.66. The van der Waals surface area contributed by atoms with Crippen LogP contribution in [-0.4, -0.2) is 28.1 Å². The van der Waals surface area contributed by atoms with E-state index in [-0.39, 0.29) is 34.0 Å². The van der Waals surface area contributed by atoms with Crippen LogP contribution in [-0.2, 0) is 9.53 Å².